The topological polar surface area (TPSA) is 67.8 Å². The van der Waals surface area contributed by atoms with Crippen molar-refractivity contribution in [1.29, 1.82) is 0 Å². The summed E-state index contributed by atoms with van der Waals surface area (Å²) in [7, 11) is 3.14. The quantitative estimate of drug-likeness (QED) is 0.758. The first-order valence-corrected chi connectivity index (χ1v) is 7.19. The van der Waals surface area contributed by atoms with Crippen LogP contribution in [-0.4, -0.2) is 31.3 Å². The minimum absolute atomic E-state index is 0.442. The Kier molecular flexibility index (Phi) is 6.81. The second kappa shape index (κ2) is 8.11. The smallest absolute Gasteiger partial charge is 0.320 e. The van der Waals surface area contributed by atoms with Gasteiger partial charge < -0.3 is 19.9 Å². The molecular formula is C14H20BrNO4. The average molecular weight is 346 g/mol. The average Bonchev–Trinajstić information content (AvgIpc) is 2.43. The van der Waals surface area contributed by atoms with Crippen LogP contribution < -0.4 is 14.8 Å². The number of aliphatic carboxylic acids is 1. The maximum Gasteiger partial charge on any atom is 0.320 e. The number of halogens is 1. The zero-order valence-electron chi connectivity index (χ0n) is 11.9. The molecular weight excluding hydrogens is 326 g/mol. The van der Waals surface area contributed by atoms with E-state index >= 15 is 0 Å². The summed E-state index contributed by atoms with van der Waals surface area (Å²) in [6.07, 6.45) is 1.41. The van der Waals surface area contributed by atoms with E-state index in [-0.39, 0.29) is 0 Å². The van der Waals surface area contributed by atoms with Gasteiger partial charge in [0.05, 0.1) is 18.7 Å². The zero-order valence-corrected chi connectivity index (χ0v) is 13.5. The van der Waals surface area contributed by atoms with Gasteiger partial charge in [0.25, 0.3) is 0 Å². The lowest BCUT2D eigenvalue weighted by Gasteiger charge is -2.16. The minimum atomic E-state index is -0.830. The van der Waals surface area contributed by atoms with Crippen molar-refractivity contribution in [1.82, 2.24) is 5.32 Å². The van der Waals surface area contributed by atoms with Gasteiger partial charge in [-0.1, -0.05) is 19.4 Å². The largest absolute Gasteiger partial charge is 0.493 e. The predicted octanol–water partition coefficient (Wildman–Crippen LogP) is 2.81. The summed E-state index contributed by atoms with van der Waals surface area (Å²) < 4.78 is 11.3. The van der Waals surface area contributed by atoms with E-state index in [1.807, 2.05) is 13.0 Å². The Labute approximate surface area is 127 Å². The van der Waals surface area contributed by atoms with E-state index < -0.39 is 12.0 Å². The molecule has 1 aromatic carbocycles. The number of carboxylic acid groups (broad SMARTS) is 1. The summed E-state index contributed by atoms with van der Waals surface area (Å²) in [5, 5.41) is 12.2. The summed E-state index contributed by atoms with van der Waals surface area (Å²) in [5.41, 5.74) is 0.921. The number of nitrogens with one attached hydrogen (secondary N) is 1. The number of ether oxygens (including phenoxy) is 2. The van der Waals surface area contributed by atoms with Crippen molar-refractivity contribution in [2.75, 3.05) is 14.2 Å². The van der Waals surface area contributed by atoms with Gasteiger partial charge >= 0.3 is 5.97 Å². The summed E-state index contributed by atoms with van der Waals surface area (Å²) >= 11 is 3.47. The molecule has 0 aliphatic rings. The highest BCUT2D eigenvalue weighted by Crippen LogP contribution is 2.37. The van der Waals surface area contributed by atoms with Gasteiger partial charge in [0.15, 0.2) is 11.5 Å². The molecule has 0 aromatic heterocycles. The number of hydrogen-bond acceptors (Lipinski definition) is 4. The second-order valence-corrected chi connectivity index (χ2v) is 5.13. The molecule has 0 aliphatic carbocycles. The molecule has 0 bridgehead atoms. The lowest BCUT2D eigenvalue weighted by molar-refractivity contribution is -0.139. The van der Waals surface area contributed by atoms with Crippen molar-refractivity contribution in [2.45, 2.75) is 32.4 Å². The molecule has 0 amide bonds. The Morgan fingerprint density at radius 1 is 1.40 bits per heavy atom. The fraction of sp³-hybridized carbons (Fsp3) is 0.500. The first-order chi connectivity index (χ1) is 9.54. The van der Waals surface area contributed by atoms with Crippen LogP contribution in [0.2, 0.25) is 0 Å². The summed E-state index contributed by atoms with van der Waals surface area (Å²) in [6.45, 7) is 2.40. The maximum atomic E-state index is 11.1. The normalized spacial score (nSPS) is 12.0. The van der Waals surface area contributed by atoms with E-state index in [0.717, 1.165) is 16.5 Å². The Hall–Kier alpha value is -1.27. The number of hydrogen-bond donors (Lipinski definition) is 2. The van der Waals surface area contributed by atoms with Gasteiger partial charge in [-0.2, -0.15) is 0 Å². The van der Waals surface area contributed by atoms with E-state index in [1.165, 1.54) is 0 Å². The number of carboxylic acids is 1. The van der Waals surface area contributed by atoms with Gasteiger partial charge in [-0.15, -0.1) is 0 Å². The molecule has 0 radical (unpaired) electrons. The Morgan fingerprint density at radius 3 is 2.60 bits per heavy atom. The molecule has 1 unspecified atom stereocenters. The lowest BCUT2D eigenvalue weighted by Crippen LogP contribution is -2.36. The van der Waals surface area contributed by atoms with Crippen molar-refractivity contribution in [3.63, 3.8) is 0 Å². The first kappa shape index (κ1) is 16.8. The molecule has 0 saturated carbocycles. The lowest BCUT2D eigenvalue weighted by atomic mass is 10.1. The predicted molar refractivity (Wildman–Crippen MR) is 80.4 cm³/mol. The fourth-order valence-corrected chi connectivity index (χ4v) is 2.53. The van der Waals surface area contributed by atoms with Crippen LogP contribution in [0.1, 0.15) is 25.3 Å². The third kappa shape index (κ3) is 4.11. The van der Waals surface area contributed by atoms with E-state index in [4.69, 9.17) is 14.6 Å². The third-order valence-corrected chi connectivity index (χ3v) is 3.85. The molecule has 0 spiro atoms. The van der Waals surface area contributed by atoms with Gasteiger partial charge in [-0.05, 0) is 34.0 Å². The second-order valence-electron chi connectivity index (χ2n) is 4.33. The van der Waals surface area contributed by atoms with Crippen LogP contribution in [0.25, 0.3) is 0 Å². The van der Waals surface area contributed by atoms with Crippen LogP contribution in [0.5, 0.6) is 11.5 Å². The van der Waals surface area contributed by atoms with Gasteiger partial charge in [-0.3, -0.25) is 4.79 Å². The van der Waals surface area contributed by atoms with Gasteiger partial charge in [-0.25, -0.2) is 0 Å². The zero-order chi connectivity index (χ0) is 15.1. The van der Waals surface area contributed by atoms with Gasteiger partial charge in [0.2, 0.25) is 0 Å². The molecule has 20 heavy (non-hydrogen) atoms. The number of carbonyl (C=O) groups is 1. The van der Waals surface area contributed by atoms with Crippen molar-refractivity contribution < 1.29 is 19.4 Å². The molecule has 6 heteroatoms. The summed E-state index contributed by atoms with van der Waals surface area (Å²) in [6, 6.07) is 3.14. The number of rotatable bonds is 8. The molecule has 0 heterocycles. The van der Waals surface area contributed by atoms with Crippen molar-refractivity contribution >= 4 is 21.9 Å². The fourth-order valence-electron chi connectivity index (χ4n) is 1.90. The SMILES string of the molecule is CCCC(NCc1ccc(OC)c(OC)c1Br)C(=O)O. The van der Waals surface area contributed by atoms with E-state index in [0.29, 0.717) is 24.5 Å². The Morgan fingerprint density at radius 2 is 2.10 bits per heavy atom. The molecule has 112 valence electrons. The van der Waals surface area contributed by atoms with E-state index in [1.54, 1.807) is 20.3 Å². The molecule has 0 fully saturated rings. The van der Waals surface area contributed by atoms with Crippen molar-refractivity contribution in [2.24, 2.45) is 0 Å². The summed E-state index contributed by atoms with van der Waals surface area (Å²) in [5.74, 6) is 0.407. The highest BCUT2D eigenvalue weighted by Gasteiger charge is 2.17. The maximum absolute atomic E-state index is 11.1. The summed E-state index contributed by atoms with van der Waals surface area (Å²) in [4.78, 5) is 11.1. The van der Waals surface area contributed by atoms with Crippen molar-refractivity contribution in [3.8, 4) is 11.5 Å². The molecule has 1 atom stereocenters. The standard InChI is InChI=1S/C14H20BrNO4/c1-4-5-10(14(17)18)16-8-9-6-7-11(19-2)13(20-3)12(9)15/h6-7,10,16H,4-5,8H2,1-3H3,(H,17,18). The Bertz CT molecular complexity index is 465. The van der Waals surface area contributed by atoms with Crippen LogP contribution >= 0.6 is 15.9 Å². The molecule has 2 N–H and O–H groups in total. The van der Waals surface area contributed by atoms with Gasteiger partial charge in [0, 0.05) is 6.54 Å². The van der Waals surface area contributed by atoms with E-state index in [2.05, 4.69) is 21.2 Å². The Balaban J connectivity index is 2.85. The third-order valence-electron chi connectivity index (χ3n) is 2.98. The van der Waals surface area contributed by atoms with Gasteiger partial charge in [0.1, 0.15) is 6.04 Å². The van der Waals surface area contributed by atoms with Crippen LogP contribution in [0.15, 0.2) is 16.6 Å². The molecule has 1 aromatic rings. The monoisotopic (exact) mass is 345 g/mol. The van der Waals surface area contributed by atoms with Crippen molar-refractivity contribution in [3.05, 3.63) is 22.2 Å². The van der Waals surface area contributed by atoms with Crippen LogP contribution in [0.4, 0.5) is 0 Å². The minimum Gasteiger partial charge on any atom is -0.493 e. The highest BCUT2D eigenvalue weighted by molar-refractivity contribution is 9.10. The number of methoxy groups -OCH3 is 2. The first-order valence-electron chi connectivity index (χ1n) is 6.40. The number of benzene rings is 1. The molecule has 1 rings (SSSR count). The molecule has 0 saturated heterocycles. The van der Waals surface area contributed by atoms with Crippen LogP contribution in [-0.2, 0) is 11.3 Å². The van der Waals surface area contributed by atoms with Crippen LogP contribution in [0, 0.1) is 0 Å². The molecule has 5 nitrogen and oxygen atoms in total. The molecule has 0 aliphatic heterocycles. The highest BCUT2D eigenvalue weighted by atomic mass is 79.9. The van der Waals surface area contributed by atoms with Crippen LogP contribution in [0.3, 0.4) is 0 Å². The van der Waals surface area contributed by atoms with E-state index in [9.17, 15) is 4.79 Å².